The third-order valence-corrected chi connectivity index (χ3v) is 7.89. The molecule has 2 heterocycles. The molecule has 192 valence electrons. The lowest BCUT2D eigenvalue weighted by atomic mass is 9.79. The Hall–Kier alpha value is -3.00. The van der Waals surface area contributed by atoms with Gasteiger partial charge in [-0.3, -0.25) is 4.79 Å². The van der Waals surface area contributed by atoms with E-state index in [2.05, 4.69) is 22.8 Å². The van der Waals surface area contributed by atoms with Gasteiger partial charge in [0.15, 0.2) is 0 Å². The Kier molecular flexibility index (Phi) is 7.23. The van der Waals surface area contributed by atoms with E-state index in [1.165, 1.54) is 11.6 Å². The Morgan fingerprint density at radius 2 is 2.03 bits per heavy atom. The van der Waals surface area contributed by atoms with Crippen LogP contribution in [-0.2, 0) is 32.6 Å². The van der Waals surface area contributed by atoms with Crippen molar-refractivity contribution < 1.29 is 23.8 Å². The lowest BCUT2D eigenvalue weighted by Crippen LogP contribution is -2.46. The van der Waals surface area contributed by atoms with Crippen LogP contribution in [0.1, 0.15) is 61.8 Å². The third-order valence-electron chi connectivity index (χ3n) is 7.89. The van der Waals surface area contributed by atoms with E-state index in [0.717, 1.165) is 56.6 Å². The number of fused-ring (bicyclic) bond motifs is 1. The van der Waals surface area contributed by atoms with Crippen LogP contribution in [0.2, 0.25) is 0 Å². The second-order valence-corrected chi connectivity index (χ2v) is 10.4. The number of carbonyl (C=O) groups is 2. The number of carboxylic acid groups (broad SMARTS) is 1. The molecule has 1 atom stereocenters. The van der Waals surface area contributed by atoms with Gasteiger partial charge in [-0.2, -0.15) is 0 Å². The van der Waals surface area contributed by atoms with E-state index in [4.69, 9.17) is 9.72 Å². The normalized spacial score (nSPS) is 22.5. The first kappa shape index (κ1) is 24.7. The highest BCUT2D eigenvalue weighted by Gasteiger charge is 2.53. The summed E-state index contributed by atoms with van der Waals surface area (Å²) in [5.74, 6) is -0.329. The number of halogens is 1. The van der Waals surface area contributed by atoms with E-state index in [-0.39, 0.29) is 19.1 Å². The van der Waals surface area contributed by atoms with Crippen molar-refractivity contribution in [2.24, 2.45) is 5.92 Å². The van der Waals surface area contributed by atoms with Gasteiger partial charge in [-0.1, -0.05) is 24.3 Å². The van der Waals surface area contributed by atoms with Crippen molar-refractivity contribution in [3.63, 3.8) is 0 Å². The summed E-state index contributed by atoms with van der Waals surface area (Å²) in [4.78, 5) is 29.4. The largest absolute Gasteiger partial charge is 0.480 e. The molecule has 7 nitrogen and oxygen atoms in total. The van der Waals surface area contributed by atoms with Gasteiger partial charge in [0, 0.05) is 30.8 Å². The highest BCUT2D eigenvalue weighted by molar-refractivity contribution is 5.94. The van der Waals surface area contributed by atoms with Crippen LogP contribution in [-0.4, -0.2) is 47.3 Å². The van der Waals surface area contributed by atoms with E-state index >= 15 is 0 Å². The number of anilines is 1. The third kappa shape index (κ3) is 5.38. The van der Waals surface area contributed by atoms with Gasteiger partial charge in [0.25, 0.3) is 0 Å². The molecule has 1 aromatic carbocycles. The molecule has 0 spiro atoms. The topological polar surface area (TPSA) is 101 Å². The quantitative estimate of drug-likeness (QED) is 0.436. The number of ether oxygens (including phenoxy) is 1. The van der Waals surface area contributed by atoms with Gasteiger partial charge in [0.2, 0.25) is 5.91 Å². The Morgan fingerprint density at radius 1 is 1.22 bits per heavy atom. The maximum atomic E-state index is 14.2. The van der Waals surface area contributed by atoms with Gasteiger partial charge in [0.1, 0.15) is 17.7 Å². The molecule has 0 bridgehead atoms. The Labute approximate surface area is 210 Å². The lowest BCUT2D eigenvalue weighted by Gasteiger charge is -2.35. The molecule has 2 aliphatic carbocycles. The number of carboxylic acids is 1. The van der Waals surface area contributed by atoms with Crippen molar-refractivity contribution in [3.8, 4) is 0 Å². The van der Waals surface area contributed by atoms with Gasteiger partial charge in [0.05, 0.1) is 11.5 Å². The minimum Gasteiger partial charge on any atom is -0.480 e. The number of benzene rings is 1. The number of hydrogen-bond acceptors (Lipinski definition) is 5. The SMILES string of the molecule is O=C(O)C(CCOC1CC(CCc2ccc3c(n2)NCCC3)C1)NC(=O)C1(c2ccccc2F)CC1. The number of hydrogen-bond donors (Lipinski definition) is 3. The van der Waals surface area contributed by atoms with Gasteiger partial charge in [-0.25, -0.2) is 14.2 Å². The zero-order chi connectivity index (χ0) is 25.1. The van der Waals surface area contributed by atoms with Crippen molar-refractivity contribution in [3.05, 3.63) is 59.0 Å². The van der Waals surface area contributed by atoms with Gasteiger partial charge in [-0.05, 0) is 75.0 Å². The Bertz CT molecular complexity index is 1110. The summed E-state index contributed by atoms with van der Waals surface area (Å²) in [5.41, 5.74) is 1.81. The standard InChI is InChI=1S/C28H34FN3O4/c29-23-6-2-1-5-22(23)28(12-13-28)27(35)32-24(26(33)34)11-15-36-21-16-18(17-21)7-9-20-10-8-19-4-3-14-30-25(19)31-20/h1-2,5-6,8,10,18,21,24H,3-4,7,9,11-17H2,(H,30,31)(H,32,35)(H,33,34). The predicted octanol–water partition coefficient (Wildman–Crippen LogP) is 4.00. The second kappa shape index (κ2) is 10.5. The van der Waals surface area contributed by atoms with Gasteiger partial charge in [-0.15, -0.1) is 0 Å². The molecular weight excluding hydrogens is 461 g/mol. The van der Waals surface area contributed by atoms with E-state index in [1.807, 2.05) is 0 Å². The summed E-state index contributed by atoms with van der Waals surface area (Å²) >= 11 is 0. The fraction of sp³-hybridized carbons (Fsp3) is 0.536. The molecule has 2 fully saturated rings. The van der Waals surface area contributed by atoms with Crippen LogP contribution in [0.5, 0.6) is 0 Å². The summed E-state index contributed by atoms with van der Waals surface area (Å²) in [6.45, 7) is 1.25. The summed E-state index contributed by atoms with van der Waals surface area (Å²) in [7, 11) is 0. The molecule has 1 aliphatic heterocycles. The predicted molar refractivity (Wildman–Crippen MR) is 133 cm³/mol. The molecular formula is C28H34FN3O4. The molecule has 1 amide bonds. The summed E-state index contributed by atoms with van der Waals surface area (Å²) in [6, 6.07) is 9.48. The van der Waals surface area contributed by atoms with E-state index in [9.17, 15) is 19.1 Å². The first-order valence-corrected chi connectivity index (χ1v) is 13.1. The summed E-state index contributed by atoms with van der Waals surface area (Å²) in [5, 5.41) is 15.6. The molecule has 5 rings (SSSR count). The molecule has 0 radical (unpaired) electrons. The minimum absolute atomic E-state index is 0.131. The van der Waals surface area contributed by atoms with Crippen LogP contribution < -0.4 is 10.6 Å². The molecule has 3 N–H and O–H groups in total. The van der Waals surface area contributed by atoms with E-state index < -0.39 is 29.2 Å². The van der Waals surface area contributed by atoms with Crippen LogP contribution in [0.3, 0.4) is 0 Å². The van der Waals surface area contributed by atoms with Crippen LogP contribution in [0.25, 0.3) is 0 Å². The first-order valence-electron chi connectivity index (χ1n) is 13.1. The van der Waals surface area contributed by atoms with Gasteiger partial charge >= 0.3 is 5.97 Å². The fourth-order valence-electron chi connectivity index (χ4n) is 5.41. The second-order valence-electron chi connectivity index (χ2n) is 10.4. The zero-order valence-corrected chi connectivity index (χ0v) is 20.5. The smallest absolute Gasteiger partial charge is 0.326 e. The Balaban J connectivity index is 1.03. The lowest BCUT2D eigenvalue weighted by molar-refractivity contribution is -0.143. The minimum atomic E-state index is -1.10. The van der Waals surface area contributed by atoms with Crippen molar-refractivity contribution >= 4 is 17.7 Å². The fourth-order valence-corrected chi connectivity index (χ4v) is 5.41. The summed E-state index contributed by atoms with van der Waals surface area (Å²) in [6.07, 6.45) is 7.54. The number of amides is 1. The van der Waals surface area contributed by atoms with Crippen molar-refractivity contribution in [2.45, 2.75) is 75.3 Å². The number of nitrogens with one attached hydrogen (secondary N) is 2. The monoisotopic (exact) mass is 495 g/mol. The van der Waals surface area contributed by atoms with E-state index in [0.29, 0.717) is 24.3 Å². The Morgan fingerprint density at radius 3 is 2.78 bits per heavy atom. The molecule has 3 aliphatic rings. The number of aliphatic carboxylic acids is 1. The van der Waals surface area contributed by atoms with Crippen LogP contribution in [0.15, 0.2) is 36.4 Å². The van der Waals surface area contributed by atoms with Crippen molar-refractivity contribution in [1.82, 2.24) is 10.3 Å². The maximum Gasteiger partial charge on any atom is 0.326 e. The van der Waals surface area contributed by atoms with E-state index in [1.54, 1.807) is 18.2 Å². The summed E-state index contributed by atoms with van der Waals surface area (Å²) < 4.78 is 20.1. The number of aromatic nitrogens is 1. The number of pyridine rings is 1. The molecule has 0 saturated heterocycles. The number of nitrogens with zero attached hydrogens (tertiary/aromatic N) is 1. The number of carbonyl (C=O) groups excluding carboxylic acids is 1. The van der Waals surface area contributed by atoms with Crippen LogP contribution in [0.4, 0.5) is 10.2 Å². The highest BCUT2D eigenvalue weighted by atomic mass is 19.1. The number of rotatable bonds is 11. The molecule has 8 heteroatoms. The molecule has 1 aromatic heterocycles. The first-order chi connectivity index (χ1) is 17.4. The number of aryl methyl sites for hydroxylation is 2. The molecule has 2 saturated carbocycles. The van der Waals surface area contributed by atoms with Crippen LogP contribution in [0, 0.1) is 11.7 Å². The average Bonchev–Trinajstić information content (AvgIpc) is 3.66. The van der Waals surface area contributed by atoms with Crippen molar-refractivity contribution in [1.29, 1.82) is 0 Å². The molecule has 36 heavy (non-hydrogen) atoms. The molecule has 2 aromatic rings. The van der Waals surface area contributed by atoms with Gasteiger partial charge < -0.3 is 20.5 Å². The molecule has 1 unspecified atom stereocenters. The zero-order valence-electron chi connectivity index (χ0n) is 20.5. The average molecular weight is 496 g/mol. The van der Waals surface area contributed by atoms with Crippen LogP contribution >= 0.6 is 0 Å². The highest BCUT2D eigenvalue weighted by Crippen LogP contribution is 2.49. The maximum absolute atomic E-state index is 14.2. The van der Waals surface area contributed by atoms with Crippen molar-refractivity contribution in [2.75, 3.05) is 18.5 Å².